The molecule has 0 unspecified atom stereocenters. The lowest BCUT2D eigenvalue weighted by atomic mass is 10.0. The predicted molar refractivity (Wildman–Crippen MR) is 102 cm³/mol. The first kappa shape index (κ1) is 17.3. The molecule has 128 valence electrons. The molecule has 25 heavy (non-hydrogen) atoms. The van der Waals surface area contributed by atoms with E-state index in [9.17, 15) is 9.59 Å². The van der Waals surface area contributed by atoms with Crippen LogP contribution in [0.15, 0.2) is 59.5 Å². The second-order valence-electron chi connectivity index (χ2n) is 5.85. The standard InChI is InChI=1S/C20H19NO3S/c1-13(2)25-18-17(15-11-7-8-12-16(15)24-3)19(22)21(20(18)23)14-9-5-4-6-10-14/h4-13H,1-3H3. The lowest BCUT2D eigenvalue weighted by Gasteiger charge is -2.15. The largest absolute Gasteiger partial charge is 0.496 e. The highest BCUT2D eigenvalue weighted by molar-refractivity contribution is 8.04. The van der Waals surface area contributed by atoms with Gasteiger partial charge in [0, 0.05) is 10.8 Å². The van der Waals surface area contributed by atoms with Crippen LogP contribution in [0, 0.1) is 0 Å². The summed E-state index contributed by atoms with van der Waals surface area (Å²) in [5.74, 6) is -0.0185. The number of hydrogen-bond donors (Lipinski definition) is 0. The van der Waals surface area contributed by atoms with Crippen LogP contribution < -0.4 is 9.64 Å². The number of hydrogen-bond acceptors (Lipinski definition) is 4. The Labute approximate surface area is 151 Å². The molecule has 3 rings (SSSR count). The average Bonchev–Trinajstić information content (AvgIpc) is 2.85. The summed E-state index contributed by atoms with van der Waals surface area (Å²) in [6.07, 6.45) is 0. The maximum atomic E-state index is 13.2. The fourth-order valence-corrected chi connectivity index (χ4v) is 3.73. The van der Waals surface area contributed by atoms with E-state index in [4.69, 9.17) is 4.74 Å². The number of nitrogens with zero attached hydrogens (tertiary/aromatic N) is 1. The van der Waals surface area contributed by atoms with E-state index in [0.29, 0.717) is 27.5 Å². The van der Waals surface area contributed by atoms with Crippen LogP contribution >= 0.6 is 11.8 Å². The lowest BCUT2D eigenvalue weighted by molar-refractivity contribution is -0.119. The van der Waals surface area contributed by atoms with Gasteiger partial charge < -0.3 is 4.74 Å². The highest BCUT2D eigenvalue weighted by atomic mass is 32.2. The fourth-order valence-electron chi connectivity index (χ4n) is 2.75. The molecule has 1 aliphatic rings. The molecule has 5 heteroatoms. The highest BCUT2D eigenvalue weighted by Gasteiger charge is 2.41. The van der Waals surface area contributed by atoms with Crippen LogP contribution in [-0.4, -0.2) is 24.2 Å². The number of rotatable bonds is 5. The van der Waals surface area contributed by atoms with Gasteiger partial charge in [-0.1, -0.05) is 50.2 Å². The number of amides is 2. The SMILES string of the molecule is COc1ccccc1C1=C(SC(C)C)C(=O)N(c2ccccc2)C1=O. The molecule has 2 aromatic carbocycles. The number of methoxy groups -OCH3 is 1. The Morgan fingerprint density at radius 3 is 2.20 bits per heavy atom. The molecular formula is C20H19NO3S. The van der Waals surface area contributed by atoms with Crippen molar-refractivity contribution >= 4 is 34.8 Å². The normalized spacial score (nSPS) is 14.6. The minimum atomic E-state index is -0.316. The first-order valence-electron chi connectivity index (χ1n) is 8.02. The molecule has 0 aliphatic carbocycles. The molecule has 0 bridgehead atoms. The average molecular weight is 353 g/mol. The molecule has 2 aromatic rings. The molecule has 0 fully saturated rings. The van der Waals surface area contributed by atoms with Crippen molar-refractivity contribution in [2.45, 2.75) is 19.1 Å². The van der Waals surface area contributed by atoms with Gasteiger partial charge in [-0.15, -0.1) is 11.8 Å². The number of para-hydroxylation sites is 2. The maximum Gasteiger partial charge on any atom is 0.272 e. The smallest absolute Gasteiger partial charge is 0.272 e. The van der Waals surface area contributed by atoms with Crippen molar-refractivity contribution in [3.8, 4) is 5.75 Å². The number of carbonyl (C=O) groups excluding carboxylic acids is 2. The van der Waals surface area contributed by atoms with Crippen molar-refractivity contribution < 1.29 is 14.3 Å². The van der Waals surface area contributed by atoms with Gasteiger partial charge in [-0.2, -0.15) is 0 Å². The molecule has 0 radical (unpaired) electrons. The van der Waals surface area contributed by atoms with Crippen molar-refractivity contribution in [2.24, 2.45) is 0 Å². The molecule has 0 N–H and O–H groups in total. The zero-order valence-electron chi connectivity index (χ0n) is 14.4. The van der Waals surface area contributed by atoms with E-state index < -0.39 is 0 Å². The summed E-state index contributed by atoms with van der Waals surface area (Å²) in [6, 6.07) is 16.3. The number of benzene rings is 2. The van der Waals surface area contributed by atoms with Gasteiger partial charge in [0.25, 0.3) is 11.8 Å². The van der Waals surface area contributed by atoms with Gasteiger partial charge in [-0.05, 0) is 18.2 Å². The Hall–Kier alpha value is -2.53. The van der Waals surface area contributed by atoms with Gasteiger partial charge >= 0.3 is 0 Å². The third-order valence-electron chi connectivity index (χ3n) is 3.79. The van der Waals surface area contributed by atoms with Crippen LogP contribution in [0.3, 0.4) is 0 Å². The topological polar surface area (TPSA) is 46.6 Å². The Morgan fingerprint density at radius 2 is 1.56 bits per heavy atom. The van der Waals surface area contributed by atoms with Crippen LogP contribution in [0.1, 0.15) is 19.4 Å². The van der Waals surface area contributed by atoms with E-state index in [1.807, 2.05) is 50.2 Å². The molecule has 0 atom stereocenters. The first-order valence-corrected chi connectivity index (χ1v) is 8.90. The number of carbonyl (C=O) groups is 2. The van der Waals surface area contributed by atoms with Crippen LogP contribution in [0.5, 0.6) is 5.75 Å². The fraction of sp³-hybridized carbons (Fsp3) is 0.200. The molecule has 0 spiro atoms. The van der Waals surface area contributed by atoms with Gasteiger partial charge in [0.05, 0.1) is 23.3 Å². The number of ether oxygens (including phenoxy) is 1. The maximum absolute atomic E-state index is 13.2. The van der Waals surface area contributed by atoms with E-state index >= 15 is 0 Å². The Bertz CT molecular complexity index is 843. The van der Waals surface area contributed by atoms with E-state index in [1.54, 1.807) is 25.3 Å². The number of imide groups is 1. The van der Waals surface area contributed by atoms with E-state index in [2.05, 4.69) is 0 Å². The number of anilines is 1. The van der Waals surface area contributed by atoms with Crippen LogP contribution in [0.4, 0.5) is 5.69 Å². The first-order chi connectivity index (χ1) is 12.0. The molecular weight excluding hydrogens is 334 g/mol. The predicted octanol–water partition coefficient (Wildman–Crippen LogP) is 4.12. The van der Waals surface area contributed by atoms with Gasteiger partial charge in [0.2, 0.25) is 0 Å². The summed E-state index contributed by atoms with van der Waals surface area (Å²) in [5.41, 5.74) is 1.62. The molecule has 2 amide bonds. The Balaban J connectivity index is 2.16. The molecule has 4 nitrogen and oxygen atoms in total. The summed E-state index contributed by atoms with van der Waals surface area (Å²) in [7, 11) is 1.56. The summed E-state index contributed by atoms with van der Waals surface area (Å²) in [4.78, 5) is 27.9. The molecule has 1 heterocycles. The molecule has 0 saturated heterocycles. The molecule has 1 aliphatic heterocycles. The third-order valence-corrected chi connectivity index (χ3v) is 4.87. The third kappa shape index (κ3) is 3.20. The van der Waals surface area contributed by atoms with Crippen LogP contribution in [-0.2, 0) is 9.59 Å². The summed E-state index contributed by atoms with van der Waals surface area (Å²) < 4.78 is 5.41. The summed E-state index contributed by atoms with van der Waals surface area (Å²) in [5, 5.41) is 0.173. The minimum Gasteiger partial charge on any atom is -0.496 e. The van der Waals surface area contributed by atoms with Gasteiger partial charge in [-0.25, -0.2) is 4.90 Å². The molecule has 0 saturated carbocycles. The van der Waals surface area contributed by atoms with Crippen molar-refractivity contribution in [3.05, 3.63) is 65.1 Å². The zero-order chi connectivity index (χ0) is 18.0. The molecule has 0 aromatic heterocycles. The van der Waals surface area contributed by atoms with E-state index in [-0.39, 0.29) is 17.1 Å². The van der Waals surface area contributed by atoms with Crippen molar-refractivity contribution in [3.63, 3.8) is 0 Å². The van der Waals surface area contributed by atoms with Crippen LogP contribution in [0.25, 0.3) is 5.57 Å². The Morgan fingerprint density at radius 1 is 0.920 bits per heavy atom. The highest BCUT2D eigenvalue weighted by Crippen LogP contribution is 2.42. The Kier molecular flexibility index (Phi) is 4.95. The van der Waals surface area contributed by atoms with Gasteiger partial charge in [0.15, 0.2) is 0 Å². The van der Waals surface area contributed by atoms with Crippen molar-refractivity contribution in [2.75, 3.05) is 12.0 Å². The second-order valence-corrected chi connectivity index (χ2v) is 7.44. The quantitative estimate of drug-likeness (QED) is 0.759. The zero-order valence-corrected chi connectivity index (χ0v) is 15.2. The monoisotopic (exact) mass is 353 g/mol. The van der Waals surface area contributed by atoms with Gasteiger partial charge in [0.1, 0.15) is 5.75 Å². The minimum absolute atomic E-state index is 0.173. The van der Waals surface area contributed by atoms with Crippen molar-refractivity contribution in [1.82, 2.24) is 0 Å². The summed E-state index contributed by atoms with van der Waals surface area (Å²) in [6.45, 7) is 4.00. The van der Waals surface area contributed by atoms with Gasteiger partial charge in [-0.3, -0.25) is 9.59 Å². The number of thioether (sulfide) groups is 1. The second kappa shape index (κ2) is 7.15. The van der Waals surface area contributed by atoms with Crippen molar-refractivity contribution in [1.29, 1.82) is 0 Å². The van der Waals surface area contributed by atoms with E-state index in [0.717, 1.165) is 0 Å². The lowest BCUT2D eigenvalue weighted by Crippen LogP contribution is -2.31. The summed E-state index contributed by atoms with van der Waals surface area (Å²) >= 11 is 1.41. The van der Waals surface area contributed by atoms with E-state index in [1.165, 1.54) is 16.7 Å². The van der Waals surface area contributed by atoms with Crippen LogP contribution in [0.2, 0.25) is 0 Å².